The number of hydrogen-bond acceptors (Lipinski definition) is 5. The third kappa shape index (κ3) is 3.27. The van der Waals surface area contributed by atoms with Crippen molar-refractivity contribution >= 4 is 44.7 Å². The van der Waals surface area contributed by atoms with Gasteiger partial charge in [-0.1, -0.05) is 0 Å². The van der Waals surface area contributed by atoms with Gasteiger partial charge in [-0.2, -0.15) is 4.98 Å². The fraction of sp³-hybridized carbons (Fsp3) is 0.167. The highest BCUT2D eigenvalue weighted by Gasteiger charge is 2.22. The molecule has 1 aromatic heterocycles. The Bertz CT molecular complexity index is 742. The number of rotatable bonds is 3. The van der Waals surface area contributed by atoms with Gasteiger partial charge in [0.1, 0.15) is 11.5 Å². The third-order valence-corrected chi connectivity index (χ3v) is 3.51. The van der Waals surface area contributed by atoms with Crippen LogP contribution in [0.5, 0.6) is 0 Å². The Morgan fingerprint density at radius 2 is 2.05 bits per heavy atom. The van der Waals surface area contributed by atoms with E-state index >= 15 is 0 Å². The van der Waals surface area contributed by atoms with E-state index in [1.165, 1.54) is 13.0 Å². The van der Waals surface area contributed by atoms with Gasteiger partial charge < -0.3 is 5.32 Å². The number of nitro groups is 1. The minimum atomic E-state index is -0.613. The first-order valence-electron chi connectivity index (χ1n) is 5.70. The Morgan fingerprint density at radius 3 is 2.67 bits per heavy atom. The molecule has 6 nitrogen and oxygen atoms in total. The van der Waals surface area contributed by atoms with Crippen molar-refractivity contribution < 1.29 is 9.31 Å². The van der Waals surface area contributed by atoms with Crippen molar-refractivity contribution in [2.45, 2.75) is 13.8 Å². The SMILES string of the molecule is Cc1cc(Br)c(F)cc1Nc1nc(Cl)nc(C)c1[N+](=O)[O-]. The summed E-state index contributed by atoms with van der Waals surface area (Å²) in [6.45, 7) is 3.18. The van der Waals surface area contributed by atoms with Crippen LogP contribution >= 0.6 is 27.5 Å². The average Bonchev–Trinajstić information content (AvgIpc) is 2.34. The number of nitrogens with one attached hydrogen (secondary N) is 1. The van der Waals surface area contributed by atoms with E-state index in [2.05, 4.69) is 31.2 Å². The van der Waals surface area contributed by atoms with Gasteiger partial charge in [-0.25, -0.2) is 9.37 Å². The van der Waals surface area contributed by atoms with E-state index in [1.54, 1.807) is 13.0 Å². The molecule has 0 atom stereocenters. The van der Waals surface area contributed by atoms with Crippen molar-refractivity contribution in [2.24, 2.45) is 0 Å². The minimum absolute atomic E-state index is 0.0812. The lowest BCUT2D eigenvalue weighted by atomic mass is 10.2. The van der Waals surface area contributed by atoms with Gasteiger partial charge in [-0.05, 0) is 59.1 Å². The maximum absolute atomic E-state index is 13.6. The van der Waals surface area contributed by atoms with Gasteiger partial charge in [0.25, 0.3) is 0 Å². The van der Waals surface area contributed by atoms with Crippen molar-refractivity contribution in [1.29, 1.82) is 0 Å². The summed E-state index contributed by atoms with van der Waals surface area (Å²) in [7, 11) is 0. The first-order chi connectivity index (χ1) is 9.79. The Kier molecular flexibility index (Phi) is 4.38. The molecular formula is C12H9BrClFN4O2. The summed E-state index contributed by atoms with van der Waals surface area (Å²) in [6, 6.07) is 2.77. The van der Waals surface area contributed by atoms with Crippen LogP contribution in [0.15, 0.2) is 16.6 Å². The maximum Gasteiger partial charge on any atom is 0.332 e. The van der Waals surface area contributed by atoms with E-state index in [-0.39, 0.29) is 22.5 Å². The molecule has 0 saturated heterocycles. The average molecular weight is 376 g/mol. The number of aryl methyl sites for hydroxylation is 2. The Hall–Kier alpha value is -1.80. The van der Waals surface area contributed by atoms with Gasteiger partial charge in [0.2, 0.25) is 11.1 Å². The Morgan fingerprint density at radius 1 is 1.38 bits per heavy atom. The molecule has 1 N–H and O–H groups in total. The lowest BCUT2D eigenvalue weighted by molar-refractivity contribution is -0.385. The Balaban J connectivity index is 2.54. The van der Waals surface area contributed by atoms with Crippen LogP contribution in [0, 0.1) is 29.8 Å². The van der Waals surface area contributed by atoms with Gasteiger partial charge in [0.05, 0.1) is 9.40 Å². The molecule has 0 spiro atoms. The van der Waals surface area contributed by atoms with E-state index in [4.69, 9.17) is 11.6 Å². The minimum Gasteiger partial charge on any atom is -0.334 e. The van der Waals surface area contributed by atoms with E-state index in [1.807, 2.05) is 0 Å². The summed E-state index contributed by atoms with van der Waals surface area (Å²) < 4.78 is 13.9. The smallest absolute Gasteiger partial charge is 0.332 e. The van der Waals surface area contributed by atoms with Gasteiger partial charge in [-0.15, -0.1) is 0 Å². The first-order valence-corrected chi connectivity index (χ1v) is 6.88. The number of benzene rings is 1. The highest BCUT2D eigenvalue weighted by atomic mass is 79.9. The van der Waals surface area contributed by atoms with Crippen molar-refractivity contribution in [1.82, 2.24) is 9.97 Å². The van der Waals surface area contributed by atoms with E-state index in [9.17, 15) is 14.5 Å². The first kappa shape index (κ1) is 15.6. The second-order valence-corrected chi connectivity index (χ2v) is 5.43. The van der Waals surface area contributed by atoms with Crippen LogP contribution in [0.4, 0.5) is 21.6 Å². The molecule has 9 heteroatoms. The number of hydrogen-bond donors (Lipinski definition) is 1. The number of aromatic nitrogens is 2. The van der Waals surface area contributed by atoms with Crippen LogP contribution < -0.4 is 5.32 Å². The number of halogens is 3. The van der Waals surface area contributed by atoms with Gasteiger partial charge >= 0.3 is 5.69 Å². The van der Waals surface area contributed by atoms with Crippen LogP contribution in [0.1, 0.15) is 11.3 Å². The van der Waals surface area contributed by atoms with Gasteiger partial charge in [-0.3, -0.25) is 10.1 Å². The zero-order chi connectivity index (χ0) is 15.7. The highest BCUT2D eigenvalue weighted by Crippen LogP contribution is 2.32. The number of anilines is 2. The second-order valence-electron chi connectivity index (χ2n) is 4.24. The monoisotopic (exact) mass is 374 g/mol. The molecule has 0 bridgehead atoms. The molecule has 0 aliphatic rings. The highest BCUT2D eigenvalue weighted by molar-refractivity contribution is 9.10. The standard InChI is InChI=1S/C12H9BrClFN4O2/c1-5-3-7(13)8(15)4-9(5)17-11-10(19(20)21)6(2)16-12(14)18-11/h3-4H,1-2H3,(H,16,17,18). The summed E-state index contributed by atoms with van der Waals surface area (Å²) >= 11 is 8.79. The number of nitrogens with zero attached hydrogens (tertiary/aromatic N) is 3. The largest absolute Gasteiger partial charge is 0.334 e. The lowest BCUT2D eigenvalue weighted by Crippen LogP contribution is -2.05. The van der Waals surface area contributed by atoms with Crippen molar-refractivity contribution in [3.63, 3.8) is 0 Å². The molecule has 1 aromatic carbocycles. The molecule has 2 rings (SSSR count). The quantitative estimate of drug-likeness (QED) is 0.491. The molecule has 0 saturated carbocycles. The summed E-state index contributed by atoms with van der Waals surface area (Å²) in [5, 5.41) is 13.7. The van der Waals surface area contributed by atoms with Crippen LogP contribution in [0.2, 0.25) is 5.28 Å². The summed E-state index contributed by atoms with van der Waals surface area (Å²) in [5.41, 5.74) is 0.859. The van der Waals surface area contributed by atoms with Crippen molar-refractivity contribution in [2.75, 3.05) is 5.32 Å². The topological polar surface area (TPSA) is 81.0 Å². The zero-order valence-electron chi connectivity index (χ0n) is 10.9. The molecule has 110 valence electrons. The molecule has 1 heterocycles. The van der Waals surface area contributed by atoms with Crippen LogP contribution in [0.25, 0.3) is 0 Å². The summed E-state index contributed by atoms with van der Waals surface area (Å²) in [6.07, 6.45) is 0. The normalized spacial score (nSPS) is 10.5. The van der Waals surface area contributed by atoms with Crippen LogP contribution in [-0.4, -0.2) is 14.9 Å². The maximum atomic E-state index is 13.6. The zero-order valence-corrected chi connectivity index (χ0v) is 13.3. The molecule has 0 radical (unpaired) electrons. The van der Waals surface area contributed by atoms with Crippen LogP contribution in [-0.2, 0) is 0 Å². The van der Waals surface area contributed by atoms with Crippen LogP contribution in [0.3, 0.4) is 0 Å². The predicted octanol–water partition coefficient (Wildman–Crippen LogP) is 4.30. The van der Waals surface area contributed by atoms with Gasteiger partial charge in [0.15, 0.2) is 0 Å². The molecule has 21 heavy (non-hydrogen) atoms. The second kappa shape index (κ2) is 5.90. The molecule has 2 aromatic rings. The summed E-state index contributed by atoms with van der Waals surface area (Å²) in [4.78, 5) is 18.1. The third-order valence-electron chi connectivity index (χ3n) is 2.73. The lowest BCUT2D eigenvalue weighted by Gasteiger charge is -2.11. The van der Waals surface area contributed by atoms with Crippen molar-refractivity contribution in [3.05, 3.63) is 49.1 Å². The Labute approximate surface area is 132 Å². The predicted molar refractivity (Wildman–Crippen MR) is 80.6 cm³/mol. The molecular weight excluding hydrogens is 367 g/mol. The van der Waals surface area contributed by atoms with Crippen molar-refractivity contribution in [3.8, 4) is 0 Å². The molecule has 0 unspecified atom stereocenters. The fourth-order valence-electron chi connectivity index (χ4n) is 1.75. The van der Waals surface area contributed by atoms with E-state index in [0.29, 0.717) is 15.7 Å². The molecule has 0 fully saturated rings. The molecule has 0 amide bonds. The molecule has 0 aliphatic heterocycles. The van der Waals surface area contributed by atoms with Gasteiger partial charge in [0, 0.05) is 5.69 Å². The van der Waals surface area contributed by atoms with E-state index < -0.39 is 10.7 Å². The van der Waals surface area contributed by atoms with E-state index in [0.717, 1.165) is 0 Å². The fourth-order valence-corrected chi connectivity index (χ4v) is 2.42. The molecule has 0 aliphatic carbocycles. The summed E-state index contributed by atoms with van der Waals surface area (Å²) in [5.74, 6) is -0.579.